The SMILES string of the molecule is C[C@H](CC#N)N(C)C(=O)Nc1ccc(Oc2ccc(F)cc2F)nc1. The van der Waals surface area contributed by atoms with Gasteiger partial charge in [-0.25, -0.2) is 18.6 Å². The molecule has 1 N–H and O–H groups in total. The second-order valence-corrected chi connectivity index (χ2v) is 5.31. The fourth-order valence-corrected chi connectivity index (χ4v) is 1.87. The van der Waals surface area contributed by atoms with Gasteiger partial charge in [0.15, 0.2) is 11.6 Å². The van der Waals surface area contributed by atoms with Crippen molar-refractivity contribution in [3.05, 3.63) is 48.2 Å². The van der Waals surface area contributed by atoms with Crippen molar-refractivity contribution in [2.24, 2.45) is 0 Å². The van der Waals surface area contributed by atoms with Crippen LogP contribution in [0.25, 0.3) is 0 Å². The first kappa shape index (κ1) is 18.1. The minimum Gasteiger partial charge on any atom is -0.436 e. The zero-order valence-corrected chi connectivity index (χ0v) is 13.7. The van der Waals surface area contributed by atoms with Crippen molar-refractivity contribution in [2.45, 2.75) is 19.4 Å². The molecule has 2 aromatic rings. The molecule has 1 aromatic heterocycles. The highest BCUT2D eigenvalue weighted by Crippen LogP contribution is 2.24. The van der Waals surface area contributed by atoms with Crippen LogP contribution in [-0.2, 0) is 0 Å². The van der Waals surface area contributed by atoms with Gasteiger partial charge in [0.1, 0.15) is 5.82 Å². The number of aromatic nitrogens is 1. The Morgan fingerprint density at radius 3 is 2.76 bits per heavy atom. The van der Waals surface area contributed by atoms with E-state index in [1.54, 1.807) is 14.0 Å². The number of amides is 2. The van der Waals surface area contributed by atoms with Gasteiger partial charge in [0.2, 0.25) is 5.88 Å². The quantitative estimate of drug-likeness (QED) is 0.890. The minimum absolute atomic E-state index is 0.0923. The number of pyridine rings is 1. The van der Waals surface area contributed by atoms with E-state index in [-0.39, 0.29) is 30.1 Å². The number of ether oxygens (including phenoxy) is 1. The zero-order valence-electron chi connectivity index (χ0n) is 13.7. The number of carbonyl (C=O) groups is 1. The Hall–Kier alpha value is -3.21. The molecule has 130 valence electrons. The van der Waals surface area contributed by atoms with Gasteiger partial charge < -0.3 is 15.0 Å². The predicted octanol–water partition coefficient (Wildman–Crippen LogP) is 3.92. The first-order valence-electron chi connectivity index (χ1n) is 7.40. The summed E-state index contributed by atoms with van der Waals surface area (Å²) in [5.74, 6) is -1.61. The number of urea groups is 1. The Bertz CT molecular complexity index is 790. The highest BCUT2D eigenvalue weighted by Gasteiger charge is 2.15. The van der Waals surface area contributed by atoms with Gasteiger partial charge in [0.05, 0.1) is 24.4 Å². The monoisotopic (exact) mass is 346 g/mol. The van der Waals surface area contributed by atoms with Crippen molar-refractivity contribution in [3.8, 4) is 17.7 Å². The van der Waals surface area contributed by atoms with E-state index in [1.807, 2.05) is 6.07 Å². The largest absolute Gasteiger partial charge is 0.436 e. The third-order valence-corrected chi connectivity index (χ3v) is 3.46. The molecule has 0 unspecified atom stereocenters. The summed E-state index contributed by atoms with van der Waals surface area (Å²) in [5.41, 5.74) is 0.410. The number of nitriles is 1. The van der Waals surface area contributed by atoms with Crippen molar-refractivity contribution in [2.75, 3.05) is 12.4 Å². The number of hydrogen-bond donors (Lipinski definition) is 1. The van der Waals surface area contributed by atoms with E-state index in [0.29, 0.717) is 11.8 Å². The maximum Gasteiger partial charge on any atom is 0.321 e. The van der Waals surface area contributed by atoms with Gasteiger partial charge in [-0.2, -0.15) is 5.26 Å². The summed E-state index contributed by atoms with van der Waals surface area (Å²) in [7, 11) is 1.58. The number of carbonyl (C=O) groups excluding carboxylic acids is 1. The van der Waals surface area contributed by atoms with Crippen LogP contribution in [-0.4, -0.2) is 29.0 Å². The maximum absolute atomic E-state index is 13.5. The predicted molar refractivity (Wildman–Crippen MR) is 87.1 cm³/mol. The van der Waals surface area contributed by atoms with Crippen molar-refractivity contribution < 1.29 is 18.3 Å². The second-order valence-electron chi connectivity index (χ2n) is 5.31. The number of nitrogens with zero attached hydrogens (tertiary/aromatic N) is 3. The van der Waals surface area contributed by atoms with E-state index in [0.717, 1.165) is 12.1 Å². The van der Waals surface area contributed by atoms with Gasteiger partial charge in [0.25, 0.3) is 0 Å². The smallest absolute Gasteiger partial charge is 0.321 e. The molecule has 0 fully saturated rings. The fourth-order valence-electron chi connectivity index (χ4n) is 1.87. The number of nitrogens with one attached hydrogen (secondary N) is 1. The van der Waals surface area contributed by atoms with E-state index in [4.69, 9.17) is 10.00 Å². The average Bonchev–Trinajstić information content (AvgIpc) is 2.58. The number of rotatable bonds is 5. The van der Waals surface area contributed by atoms with E-state index in [1.165, 1.54) is 23.2 Å². The van der Waals surface area contributed by atoms with E-state index in [9.17, 15) is 13.6 Å². The van der Waals surface area contributed by atoms with Crippen LogP contribution in [0.5, 0.6) is 11.6 Å². The maximum atomic E-state index is 13.5. The van der Waals surface area contributed by atoms with Crippen LogP contribution in [0.3, 0.4) is 0 Å². The Kier molecular flexibility index (Phi) is 5.84. The third kappa shape index (κ3) is 4.88. The molecule has 1 aromatic carbocycles. The van der Waals surface area contributed by atoms with E-state index in [2.05, 4.69) is 10.3 Å². The molecule has 0 radical (unpaired) electrons. The molecule has 0 saturated heterocycles. The first-order chi connectivity index (χ1) is 11.9. The molecule has 2 amide bonds. The molecule has 0 spiro atoms. The van der Waals surface area contributed by atoms with Gasteiger partial charge in [-0.05, 0) is 25.1 Å². The molecule has 0 aliphatic rings. The molecule has 6 nitrogen and oxygen atoms in total. The number of hydrogen-bond acceptors (Lipinski definition) is 4. The Labute approximate surface area is 143 Å². The molecule has 0 aliphatic carbocycles. The Morgan fingerprint density at radius 1 is 1.40 bits per heavy atom. The van der Waals surface area contributed by atoms with Crippen molar-refractivity contribution in [1.29, 1.82) is 5.26 Å². The van der Waals surface area contributed by atoms with Crippen LogP contribution >= 0.6 is 0 Å². The van der Waals surface area contributed by atoms with Crippen LogP contribution in [0.4, 0.5) is 19.3 Å². The van der Waals surface area contributed by atoms with Gasteiger partial charge >= 0.3 is 6.03 Å². The summed E-state index contributed by atoms with van der Waals surface area (Å²) in [6.45, 7) is 1.76. The Morgan fingerprint density at radius 2 is 2.16 bits per heavy atom. The van der Waals surface area contributed by atoms with E-state index >= 15 is 0 Å². The summed E-state index contributed by atoms with van der Waals surface area (Å²) in [6.07, 6.45) is 1.57. The van der Waals surface area contributed by atoms with Crippen LogP contribution in [0.2, 0.25) is 0 Å². The van der Waals surface area contributed by atoms with E-state index < -0.39 is 11.6 Å². The minimum atomic E-state index is -0.840. The van der Waals surface area contributed by atoms with Crippen molar-refractivity contribution >= 4 is 11.7 Å². The highest BCUT2D eigenvalue weighted by molar-refractivity contribution is 5.89. The average molecular weight is 346 g/mol. The van der Waals surface area contributed by atoms with Gasteiger partial charge in [-0.3, -0.25) is 0 Å². The fraction of sp³-hybridized carbons (Fsp3) is 0.235. The molecule has 8 heteroatoms. The normalized spacial score (nSPS) is 11.3. The molecule has 0 saturated carbocycles. The summed E-state index contributed by atoms with van der Waals surface area (Å²) in [5, 5.41) is 11.3. The summed E-state index contributed by atoms with van der Waals surface area (Å²) < 4.78 is 31.6. The first-order valence-corrected chi connectivity index (χ1v) is 7.40. The zero-order chi connectivity index (χ0) is 18.4. The van der Waals surface area contributed by atoms with Crippen molar-refractivity contribution in [3.63, 3.8) is 0 Å². The molecular formula is C17H16F2N4O2. The van der Waals surface area contributed by atoms with Crippen LogP contribution in [0, 0.1) is 23.0 Å². The highest BCUT2D eigenvalue weighted by atomic mass is 19.1. The summed E-state index contributed by atoms with van der Waals surface area (Å²) >= 11 is 0. The molecule has 0 aliphatic heterocycles. The lowest BCUT2D eigenvalue weighted by Gasteiger charge is -2.23. The summed E-state index contributed by atoms with van der Waals surface area (Å²) in [4.78, 5) is 17.4. The Balaban J connectivity index is 2.00. The van der Waals surface area contributed by atoms with Gasteiger partial charge in [-0.15, -0.1) is 0 Å². The lowest BCUT2D eigenvalue weighted by molar-refractivity contribution is 0.208. The lowest BCUT2D eigenvalue weighted by atomic mass is 10.2. The van der Waals surface area contributed by atoms with Crippen LogP contribution < -0.4 is 10.1 Å². The lowest BCUT2D eigenvalue weighted by Crippen LogP contribution is -2.38. The molecule has 1 heterocycles. The number of anilines is 1. The van der Waals surface area contributed by atoms with Crippen LogP contribution in [0.15, 0.2) is 36.5 Å². The molecule has 2 rings (SSSR count). The molecule has 1 atom stereocenters. The number of benzene rings is 1. The third-order valence-electron chi connectivity index (χ3n) is 3.46. The molecular weight excluding hydrogens is 330 g/mol. The molecule has 25 heavy (non-hydrogen) atoms. The van der Waals surface area contributed by atoms with Gasteiger partial charge in [-0.1, -0.05) is 0 Å². The second kappa shape index (κ2) is 8.06. The topological polar surface area (TPSA) is 78.2 Å². The van der Waals surface area contributed by atoms with Crippen molar-refractivity contribution in [1.82, 2.24) is 9.88 Å². The standard InChI is InChI=1S/C17H16F2N4O2/c1-11(7-8-20)23(2)17(24)22-13-4-6-16(21-10-13)25-15-5-3-12(18)9-14(15)19/h3-6,9-11H,7H2,1-2H3,(H,22,24)/t11-/m1/s1. The summed E-state index contributed by atoms with van der Waals surface area (Å²) in [6, 6.07) is 7.30. The molecule has 0 bridgehead atoms. The number of halogens is 2. The van der Waals surface area contributed by atoms with Crippen LogP contribution in [0.1, 0.15) is 13.3 Å². The van der Waals surface area contributed by atoms with Gasteiger partial charge in [0, 0.05) is 25.2 Å².